The van der Waals surface area contributed by atoms with Crippen LogP contribution in [0.4, 0.5) is 44.5 Å². The minimum Gasteiger partial charge on any atom is -0.475 e. The van der Waals surface area contributed by atoms with Crippen molar-refractivity contribution in [2.24, 2.45) is 0 Å². The Morgan fingerprint density at radius 3 is 2.30 bits per heavy atom. The fourth-order valence-electron chi connectivity index (χ4n) is 6.33. The molecule has 2 aromatic heterocycles. The fourth-order valence-corrected chi connectivity index (χ4v) is 7.58. The number of alkyl halides is 7. The molecule has 4 aromatic rings. The number of fused-ring (bicyclic) bond motifs is 3. The summed E-state index contributed by atoms with van der Waals surface area (Å²) in [4.78, 5) is 29.0. The number of nitrogens with two attached hydrogens (primary N) is 1. The molecule has 284 valence electrons. The molecule has 0 amide bonds. The molecule has 7 rings (SSSR count). The molecule has 0 radical (unpaired) electrons. The molecule has 2 atom stereocenters. The van der Waals surface area contributed by atoms with Crippen molar-refractivity contribution in [3.05, 3.63) is 46.1 Å². The number of halogens is 10. The highest BCUT2D eigenvalue weighted by molar-refractivity contribution is 7.23. The fraction of sp³-hybridized carbons (Fsp3) is 0.406. The third-order valence-electron chi connectivity index (χ3n) is 8.77. The van der Waals surface area contributed by atoms with E-state index in [1.807, 2.05) is 6.07 Å². The van der Waals surface area contributed by atoms with Gasteiger partial charge in [-0.3, -0.25) is 4.90 Å². The average Bonchev–Trinajstić information content (AvgIpc) is 3.65. The van der Waals surface area contributed by atoms with Gasteiger partial charge in [-0.1, -0.05) is 17.7 Å². The number of benzene rings is 2. The van der Waals surface area contributed by atoms with Gasteiger partial charge in [0, 0.05) is 35.2 Å². The molecule has 0 spiro atoms. The molecule has 1 saturated carbocycles. The summed E-state index contributed by atoms with van der Waals surface area (Å²) < 4.78 is 115. The van der Waals surface area contributed by atoms with Crippen LogP contribution in [0.2, 0.25) is 5.02 Å². The van der Waals surface area contributed by atoms with Crippen molar-refractivity contribution in [1.82, 2.24) is 14.9 Å². The molecule has 10 nitrogen and oxygen atoms in total. The molecule has 3 aliphatic rings. The van der Waals surface area contributed by atoms with E-state index in [-0.39, 0.29) is 60.9 Å². The lowest BCUT2D eigenvalue weighted by Gasteiger charge is -2.30. The van der Waals surface area contributed by atoms with Gasteiger partial charge in [0.1, 0.15) is 35.2 Å². The summed E-state index contributed by atoms with van der Waals surface area (Å²) in [7, 11) is 0. The lowest BCUT2D eigenvalue weighted by molar-refractivity contribution is -0.193. The van der Waals surface area contributed by atoms with E-state index in [1.54, 1.807) is 6.07 Å². The number of ether oxygens (including phenoxy) is 1. The number of nitriles is 1. The lowest BCUT2D eigenvalue weighted by atomic mass is 9.95. The summed E-state index contributed by atoms with van der Waals surface area (Å²) >= 11 is 7.61. The summed E-state index contributed by atoms with van der Waals surface area (Å²) in [6.45, 7) is 1.45. The van der Waals surface area contributed by atoms with E-state index in [0.29, 0.717) is 24.0 Å². The van der Waals surface area contributed by atoms with Crippen LogP contribution in [0, 0.1) is 23.0 Å². The molecule has 2 aromatic carbocycles. The zero-order chi connectivity index (χ0) is 39.2. The topological polar surface area (TPSA) is 163 Å². The molecular weight excluding hydrogens is 773 g/mol. The van der Waals surface area contributed by atoms with Crippen molar-refractivity contribution in [2.45, 2.75) is 62.1 Å². The molecule has 3 fully saturated rings. The first-order valence-electron chi connectivity index (χ1n) is 15.4. The number of carboxylic acids is 2. The van der Waals surface area contributed by atoms with E-state index >= 15 is 4.39 Å². The van der Waals surface area contributed by atoms with Gasteiger partial charge in [0.15, 0.2) is 5.82 Å². The largest absolute Gasteiger partial charge is 0.490 e. The highest BCUT2D eigenvalue weighted by Gasteiger charge is 2.49. The van der Waals surface area contributed by atoms with Crippen LogP contribution in [0.1, 0.15) is 49.3 Å². The standard InChI is InChI=1S/C28H23ClF3N5OS.2C2HF3O2/c29-18-8-16-23(13-2-3-13)35-27(38-12-28-6-1-7-37(28)11-14(30)9-28)36-24(16)22(32)21(18)15-4-5-19(31)25-20(15)17(10-33)26(34)39-25;2*3-2(4,5)1(6)7/h4-5,8,13-14H,1-3,6-7,9,11-12,34H2;2*(H,6,7)/t14-,28+;;/m1../s1. The maximum Gasteiger partial charge on any atom is 0.490 e. The van der Waals surface area contributed by atoms with Gasteiger partial charge in [-0.05, 0) is 49.9 Å². The Labute approximate surface area is 301 Å². The van der Waals surface area contributed by atoms with Gasteiger partial charge in [-0.25, -0.2) is 22.8 Å². The highest BCUT2D eigenvalue weighted by atomic mass is 35.5. The Hall–Kier alpha value is -4.61. The first kappa shape index (κ1) is 39.6. The van der Waals surface area contributed by atoms with Crippen LogP contribution < -0.4 is 10.5 Å². The Kier molecular flexibility index (Phi) is 11.0. The van der Waals surface area contributed by atoms with Gasteiger partial charge in [0.05, 0.1) is 26.5 Å². The lowest BCUT2D eigenvalue weighted by Crippen LogP contribution is -2.43. The summed E-state index contributed by atoms with van der Waals surface area (Å²) in [6.07, 6.45) is -7.04. The number of rotatable bonds is 5. The van der Waals surface area contributed by atoms with Crippen LogP contribution in [-0.2, 0) is 9.59 Å². The maximum absolute atomic E-state index is 16.4. The van der Waals surface area contributed by atoms with Crippen LogP contribution in [0.3, 0.4) is 0 Å². The summed E-state index contributed by atoms with van der Waals surface area (Å²) in [5, 5.41) is 24.9. The molecule has 2 saturated heterocycles. The van der Waals surface area contributed by atoms with Crippen molar-refractivity contribution >= 4 is 60.9 Å². The van der Waals surface area contributed by atoms with Crippen LogP contribution >= 0.6 is 22.9 Å². The number of nitrogens with zero attached hydrogens (tertiary/aromatic N) is 4. The number of carboxylic acid groups (broad SMARTS) is 2. The zero-order valence-electron chi connectivity index (χ0n) is 26.7. The first-order chi connectivity index (χ1) is 24.7. The van der Waals surface area contributed by atoms with E-state index in [4.69, 9.17) is 41.9 Å². The van der Waals surface area contributed by atoms with E-state index in [0.717, 1.165) is 43.6 Å². The van der Waals surface area contributed by atoms with Crippen molar-refractivity contribution in [2.75, 3.05) is 25.4 Å². The number of hydrogen-bond acceptors (Lipinski definition) is 9. The molecule has 21 heteroatoms. The van der Waals surface area contributed by atoms with Crippen LogP contribution in [0.5, 0.6) is 6.01 Å². The summed E-state index contributed by atoms with van der Waals surface area (Å²) in [6, 6.07) is 6.31. The van der Waals surface area contributed by atoms with Gasteiger partial charge in [-0.15, -0.1) is 11.3 Å². The van der Waals surface area contributed by atoms with E-state index in [1.165, 1.54) is 12.1 Å². The number of carbonyl (C=O) groups is 2. The first-order valence-corrected chi connectivity index (χ1v) is 16.6. The maximum atomic E-state index is 16.4. The Balaban J connectivity index is 0.000000330. The van der Waals surface area contributed by atoms with E-state index in [2.05, 4.69) is 14.9 Å². The molecule has 1 aliphatic carbocycles. The predicted molar refractivity (Wildman–Crippen MR) is 172 cm³/mol. The van der Waals surface area contributed by atoms with Crippen LogP contribution in [0.25, 0.3) is 32.1 Å². The molecule has 2 aliphatic heterocycles. The Bertz CT molecular complexity index is 2110. The van der Waals surface area contributed by atoms with Gasteiger partial charge in [-0.2, -0.15) is 41.6 Å². The third-order valence-corrected chi connectivity index (χ3v) is 10.1. The second kappa shape index (κ2) is 14.7. The second-order valence-electron chi connectivity index (χ2n) is 12.3. The normalized spacial score (nSPS) is 19.9. The van der Waals surface area contributed by atoms with Crippen molar-refractivity contribution in [1.29, 1.82) is 5.26 Å². The molecule has 0 bridgehead atoms. The quantitative estimate of drug-likeness (QED) is 0.169. The number of aromatic nitrogens is 2. The molecule has 4 N–H and O–H groups in total. The molecule has 4 heterocycles. The number of anilines is 1. The Morgan fingerprint density at radius 1 is 1.11 bits per heavy atom. The minimum atomic E-state index is -5.08. The zero-order valence-corrected chi connectivity index (χ0v) is 28.3. The van der Waals surface area contributed by atoms with Crippen molar-refractivity contribution in [3.63, 3.8) is 0 Å². The highest BCUT2D eigenvalue weighted by Crippen LogP contribution is 2.48. The second-order valence-corrected chi connectivity index (χ2v) is 13.8. The smallest absolute Gasteiger partial charge is 0.475 e. The van der Waals surface area contributed by atoms with Crippen molar-refractivity contribution in [3.8, 4) is 23.2 Å². The van der Waals surface area contributed by atoms with Gasteiger partial charge < -0.3 is 20.7 Å². The summed E-state index contributed by atoms with van der Waals surface area (Å²) in [5.74, 6) is -6.64. The van der Waals surface area contributed by atoms with Gasteiger partial charge in [0.25, 0.3) is 0 Å². The van der Waals surface area contributed by atoms with Gasteiger partial charge in [0.2, 0.25) is 0 Å². The molecular formula is C32H25ClF9N5O5S. The van der Waals surface area contributed by atoms with E-state index in [9.17, 15) is 40.4 Å². The van der Waals surface area contributed by atoms with Crippen LogP contribution in [0.15, 0.2) is 18.2 Å². The van der Waals surface area contributed by atoms with Crippen LogP contribution in [-0.4, -0.2) is 80.8 Å². The predicted octanol–water partition coefficient (Wildman–Crippen LogP) is 8.00. The number of hydrogen-bond donors (Lipinski definition) is 3. The summed E-state index contributed by atoms with van der Waals surface area (Å²) in [5.41, 5.74) is 6.65. The third kappa shape index (κ3) is 8.16. The van der Waals surface area contributed by atoms with Crippen molar-refractivity contribution < 1.29 is 64.1 Å². The van der Waals surface area contributed by atoms with Gasteiger partial charge >= 0.3 is 30.3 Å². The number of nitrogen functional groups attached to an aromatic ring is 1. The average molecular weight is 798 g/mol. The molecule has 53 heavy (non-hydrogen) atoms. The SMILES string of the molecule is N#Cc1c(N)sc2c(F)ccc(-c3c(Cl)cc4c(C5CC5)nc(OC[C@@]56CCCN5C[C@H](F)C6)nc4c3F)c12.O=C(O)C(F)(F)F.O=C(O)C(F)(F)F. The van der Waals surface area contributed by atoms with E-state index < -0.39 is 47.6 Å². The molecule has 0 unspecified atom stereocenters. The monoisotopic (exact) mass is 797 g/mol. The number of aliphatic carboxylic acids is 2. The number of thiophene rings is 1. The Morgan fingerprint density at radius 2 is 1.74 bits per heavy atom. The minimum absolute atomic E-state index is 0.00601.